The summed E-state index contributed by atoms with van der Waals surface area (Å²) in [5, 5.41) is 3.29. The largest absolute Gasteiger partial charge is 0.339 e. The molecule has 3 rings (SSSR count). The van der Waals surface area contributed by atoms with Gasteiger partial charge in [-0.25, -0.2) is 4.98 Å². The molecule has 0 radical (unpaired) electrons. The minimum atomic E-state index is -0.0717. The predicted octanol–water partition coefficient (Wildman–Crippen LogP) is 3.23. The van der Waals surface area contributed by atoms with E-state index in [1.54, 1.807) is 17.0 Å². The second kappa shape index (κ2) is 7.45. The Kier molecular flexibility index (Phi) is 5.11. The lowest BCUT2D eigenvalue weighted by atomic mass is 9.95. The number of hydrogen-bond acceptors (Lipinski definition) is 3. The highest BCUT2D eigenvalue weighted by Crippen LogP contribution is 2.21. The molecular formula is C18H18ClN3O2. The third-order valence-electron chi connectivity index (χ3n) is 4.17. The fourth-order valence-corrected chi connectivity index (χ4v) is 2.91. The number of anilines is 1. The summed E-state index contributed by atoms with van der Waals surface area (Å²) in [5.74, 6) is -0.125. The van der Waals surface area contributed by atoms with Crippen molar-refractivity contribution in [2.24, 2.45) is 5.92 Å². The van der Waals surface area contributed by atoms with E-state index >= 15 is 0 Å². The van der Waals surface area contributed by atoms with Crippen LogP contribution in [0.4, 0.5) is 5.69 Å². The molecule has 0 atom stereocenters. The molecule has 0 aliphatic carbocycles. The highest BCUT2D eigenvalue weighted by molar-refractivity contribution is 6.29. The lowest BCUT2D eigenvalue weighted by Crippen LogP contribution is -2.41. The summed E-state index contributed by atoms with van der Waals surface area (Å²) in [7, 11) is 0. The van der Waals surface area contributed by atoms with E-state index < -0.39 is 0 Å². The number of benzene rings is 1. The molecule has 1 saturated heterocycles. The number of carbonyl (C=O) groups is 2. The van der Waals surface area contributed by atoms with Crippen molar-refractivity contribution in [1.29, 1.82) is 0 Å². The van der Waals surface area contributed by atoms with E-state index in [4.69, 9.17) is 11.6 Å². The monoisotopic (exact) mass is 343 g/mol. The van der Waals surface area contributed by atoms with E-state index in [2.05, 4.69) is 10.3 Å². The number of pyridine rings is 1. The van der Waals surface area contributed by atoms with Gasteiger partial charge in [0.2, 0.25) is 5.91 Å². The van der Waals surface area contributed by atoms with Gasteiger partial charge in [0, 0.05) is 30.9 Å². The van der Waals surface area contributed by atoms with Crippen molar-refractivity contribution in [3.8, 4) is 0 Å². The summed E-state index contributed by atoms with van der Waals surface area (Å²) >= 11 is 5.74. The van der Waals surface area contributed by atoms with Crippen molar-refractivity contribution in [2.75, 3.05) is 18.4 Å². The van der Waals surface area contributed by atoms with Crippen molar-refractivity contribution >= 4 is 29.1 Å². The third-order valence-corrected chi connectivity index (χ3v) is 4.39. The Labute approximate surface area is 145 Å². The zero-order valence-electron chi connectivity index (χ0n) is 13.1. The fourth-order valence-electron chi connectivity index (χ4n) is 2.80. The van der Waals surface area contributed by atoms with E-state index in [-0.39, 0.29) is 17.7 Å². The molecule has 1 aromatic carbocycles. The van der Waals surface area contributed by atoms with Crippen LogP contribution in [0.5, 0.6) is 0 Å². The smallest absolute Gasteiger partial charge is 0.255 e. The molecule has 0 bridgehead atoms. The standard InChI is InChI=1S/C18H18ClN3O2/c19-16-7-6-14(12-20-16)18(24)22-10-8-13(9-11-22)17(23)21-15-4-2-1-3-5-15/h1-7,12-13H,8-11H2,(H,21,23). The SMILES string of the molecule is O=C(Nc1ccccc1)C1CCN(C(=O)c2ccc(Cl)nc2)CC1. The Morgan fingerprint density at radius 1 is 1.08 bits per heavy atom. The quantitative estimate of drug-likeness (QED) is 0.870. The average Bonchev–Trinajstić information content (AvgIpc) is 2.63. The second-order valence-electron chi connectivity index (χ2n) is 5.79. The predicted molar refractivity (Wildman–Crippen MR) is 92.9 cm³/mol. The van der Waals surface area contributed by atoms with Gasteiger partial charge >= 0.3 is 0 Å². The average molecular weight is 344 g/mol. The van der Waals surface area contributed by atoms with Crippen molar-refractivity contribution in [2.45, 2.75) is 12.8 Å². The number of hydrogen-bond donors (Lipinski definition) is 1. The molecule has 2 aromatic rings. The number of aromatic nitrogens is 1. The van der Waals surface area contributed by atoms with Crippen LogP contribution in [0.2, 0.25) is 5.15 Å². The van der Waals surface area contributed by atoms with E-state index in [9.17, 15) is 9.59 Å². The highest BCUT2D eigenvalue weighted by atomic mass is 35.5. The lowest BCUT2D eigenvalue weighted by Gasteiger charge is -2.31. The molecule has 1 aliphatic heterocycles. The Morgan fingerprint density at radius 2 is 1.79 bits per heavy atom. The van der Waals surface area contributed by atoms with E-state index in [0.29, 0.717) is 36.6 Å². The van der Waals surface area contributed by atoms with Crippen LogP contribution in [-0.2, 0) is 4.79 Å². The summed E-state index contributed by atoms with van der Waals surface area (Å²) in [6, 6.07) is 12.7. The topological polar surface area (TPSA) is 62.3 Å². The molecule has 5 nitrogen and oxygen atoms in total. The van der Waals surface area contributed by atoms with Crippen LogP contribution in [0.25, 0.3) is 0 Å². The van der Waals surface area contributed by atoms with Crippen LogP contribution in [0.1, 0.15) is 23.2 Å². The second-order valence-corrected chi connectivity index (χ2v) is 6.18. The molecule has 0 saturated carbocycles. The van der Waals surface area contributed by atoms with Crippen molar-refractivity contribution in [3.63, 3.8) is 0 Å². The number of halogens is 1. The van der Waals surface area contributed by atoms with Crippen LogP contribution in [0.3, 0.4) is 0 Å². The Hall–Kier alpha value is -2.40. The van der Waals surface area contributed by atoms with Gasteiger partial charge in [0.05, 0.1) is 5.56 Å². The van der Waals surface area contributed by atoms with Crippen molar-refractivity contribution < 1.29 is 9.59 Å². The lowest BCUT2D eigenvalue weighted by molar-refractivity contribution is -0.121. The van der Waals surface area contributed by atoms with Gasteiger partial charge in [-0.05, 0) is 37.1 Å². The number of likely N-dealkylation sites (tertiary alicyclic amines) is 1. The molecule has 1 aromatic heterocycles. The fraction of sp³-hybridized carbons (Fsp3) is 0.278. The number of piperidine rings is 1. The van der Waals surface area contributed by atoms with E-state index in [1.165, 1.54) is 6.20 Å². The first-order valence-corrected chi connectivity index (χ1v) is 8.28. The summed E-state index contributed by atoms with van der Waals surface area (Å²) in [5.41, 5.74) is 1.32. The summed E-state index contributed by atoms with van der Waals surface area (Å²) in [6.07, 6.45) is 2.80. The third kappa shape index (κ3) is 3.92. The van der Waals surface area contributed by atoms with Gasteiger partial charge < -0.3 is 10.2 Å². The minimum absolute atomic E-state index is 0.0152. The first kappa shape index (κ1) is 16.5. The molecule has 124 valence electrons. The maximum Gasteiger partial charge on any atom is 0.255 e. The van der Waals surface area contributed by atoms with Gasteiger partial charge in [-0.1, -0.05) is 29.8 Å². The number of amides is 2. The van der Waals surface area contributed by atoms with E-state index in [1.807, 2.05) is 30.3 Å². The molecule has 0 unspecified atom stereocenters. The van der Waals surface area contributed by atoms with Gasteiger partial charge in [-0.3, -0.25) is 9.59 Å². The van der Waals surface area contributed by atoms with Crippen LogP contribution in [0, 0.1) is 5.92 Å². The molecule has 1 N–H and O–H groups in total. The normalized spacial score (nSPS) is 15.1. The summed E-state index contributed by atoms with van der Waals surface area (Å²) in [4.78, 5) is 30.4. The zero-order chi connectivity index (χ0) is 16.9. The molecular weight excluding hydrogens is 326 g/mol. The molecule has 1 fully saturated rings. The van der Waals surface area contributed by atoms with E-state index in [0.717, 1.165) is 5.69 Å². The van der Waals surface area contributed by atoms with Gasteiger partial charge in [0.15, 0.2) is 0 Å². The van der Waals surface area contributed by atoms with Gasteiger partial charge in [0.1, 0.15) is 5.15 Å². The molecule has 1 aliphatic rings. The maximum atomic E-state index is 12.4. The Bertz CT molecular complexity index is 711. The molecule has 2 heterocycles. The minimum Gasteiger partial charge on any atom is -0.339 e. The van der Waals surface area contributed by atoms with Gasteiger partial charge in [0.25, 0.3) is 5.91 Å². The molecule has 2 amide bonds. The van der Waals surface area contributed by atoms with Crippen LogP contribution >= 0.6 is 11.6 Å². The first-order chi connectivity index (χ1) is 11.6. The van der Waals surface area contributed by atoms with Gasteiger partial charge in [-0.15, -0.1) is 0 Å². The molecule has 24 heavy (non-hydrogen) atoms. The number of carbonyl (C=O) groups excluding carboxylic acids is 2. The summed E-state index contributed by atoms with van der Waals surface area (Å²) in [6.45, 7) is 1.13. The summed E-state index contributed by atoms with van der Waals surface area (Å²) < 4.78 is 0. The molecule has 6 heteroatoms. The van der Waals surface area contributed by atoms with Gasteiger partial charge in [-0.2, -0.15) is 0 Å². The molecule has 0 spiro atoms. The van der Waals surface area contributed by atoms with Crippen LogP contribution < -0.4 is 5.32 Å². The van der Waals surface area contributed by atoms with Crippen LogP contribution in [-0.4, -0.2) is 34.8 Å². The number of para-hydroxylation sites is 1. The van der Waals surface area contributed by atoms with Crippen molar-refractivity contribution in [3.05, 3.63) is 59.4 Å². The Balaban J connectivity index is 1.54. The maximum absolute atomic E-state index is 12.4. The van der Waals surface area contributed by atoms with Crippen molar-refractivity contribution in [1.82, 2.24) is 9.88 Å². The Morgan fingerprint density at radius 3 is 2.42 bits per heavy atom. The number of nitrogens with one attached hydrogen (secondary N) is 1. The number of rotatable bonds is 3. The number of nitrogens with zero attached hydrogens (tertiary/aromatic N) is 2. The first-order valence-electron chi connectivity index (χ1n) is 7.90. The highest BCUT2D eigenvalue weighted by Gasteiger charge is 2.27. The van der Waals surface area contributed by atoms with Crippen LogP contribution in [0.15, 0.2) is 48.7 Å². The zero-order valence-corrected chi connectivity index (χ0v) is 13.9.